The molecule has 0 bridgehead atoms. The number of nitrogens with zero attached hydrogens (tertiary/aromatic N) is 2. The minimum atomic E-state index is -0.812. The third kappa shape index (κ3) is 4.41. The van der Waals surface area contributed by atoms with Gasteiger partial charge in [-0.25, -0.2) is 4.79 Å². The second-order valence-corrected chi connectivity index (χ2v) is 9.13. The second kappa shape index (κ2) is 8.60. The van der Waals surface area contributed by atoms with E-state index < -0.39 is 12.1 Å². The van der Waals surface area contributed by atoms with Crippen molar-refractivity contribution in [1.29, 1.82) is 0 Å². The first kappa shape index (κ1) is 20.6. The van der Waals surface area contributed by atoms with E-state index in [2.05, 4.69) is 41.6 Å². The molecule has 2 aromatic heterocycles. The van der Waals surface area contributed by atoms with Gasteiger partial charge in [0.25, 0.3) is 5.91 Å². The van der Waals surface area contributed by atoms with Gasteiger partial charge in [-0.3, -0.25) is 9.48 Å². The topological polar surface area (TPSA) is 73.2 Å². The standard InChI is InChI=1S/C23H27N3O3S/c1-14-8-10-17(11-9-14)13-26-22-19(15(2)25-26)12-20(30-22)23(28)29-16(3)21(27)24-18-6-4-5-7-18/h8-12,16,18H,4-7,13H2,1-3H3,(H,24,27). The maximum atomic E-state index is 12.7. The summed E-state index contributed by atoms with van der Waals surface area (Å²) in [4.78, 5) is 26.4. The Labute approximate surface area is 180 Å². The van der Waals surface area contributed by atoms with Crippen molar-refractivity contribution < 1.29 is 14.3 Å². The zero-order valence-electron chi connectivity index (χ0n) is 17.6. The third-order valence-electron chi connectivity index (χ3n) is 5.62. The van der Waals surface area contributed by atoms with Gasteiger partial charge in [0.1, 0.15) is 9.71 Å². The van der Waals surface area contributed by atoms with Crippen LogP contribution in [0.4, 0.5) is 0 Å². The van der Waals surface area contributed by atoms with E-state index in [9.17, 15) is 9.59 Å². The van der Waals surface area contributed by atoms with Gasteiger partial charge in [0, 0.05) is 11.4 Å². The van der Waals surface area contributed by atoms with Crippen molar-refractivity contribution in [2.45, 2.75) is 65.1 Å². The molecule has 1 fully saturated rings. The lowest BCUT2D eigenvalue weighted by atomic mass is 10.1. The molecule has 2 heterocycles. The van der Waals surface area contributed by atoms with Crippen LogP contribution in [0.25, 0.3) is 10.2 Å². The van der Waals surface area contributed by atoms with Gasteiger partial charge in [0.2, 0.25) is 0 Å². The molecule has 1 atom stereocenters. The van der Waals surface area contributed by atoms with Crippen LogP contribution < -0.4 is 5.32 Å². The Bertz CT molecular complexity index is 1060. The number of aryl methyl sites for hydroxylation is 2. The lowest BCUT2D eigenvalue weighted by molar-refractivity contribution is -0.129. The van der Waals surface area contributed by atoms with Crippen LogP contribution >= 0.6 is 11.3 Å². The molecule has 4 rings (SSSR count). The van der Waals surface area contributed by atoms with Crippen molar-refractivity contribution in [2.24, 2.45) is 0 Å². The van der Waals surface area contributed by atoms with E-state index in [1.165, 1.54) is 16.9 Å². The van der Waals surface area contributed by atoms with Crippen LogP contribution in [0.5, 0.6) is 0 Å². The number of carbonyl (C=O) groups excluding carboxylic acids is 2. The normalized spacial score (nSPS) is 15.4. The van der Waals surface area contributed by atoms with Crippen LogP contribution in [0, 0.1) is 13.8 Å². The maximum Gasteiger partial charge on any atom is 0.349 e. The molecule has 1 unspecified atom stereocenters. The lowest BCUT2D eigenvalue weighted by Crippen LogP contribution is -2.40. The number of fused-ring (bicyclic) bond motifs is 1. The number of benzene rings is 1. The predicted octanol–water partition coefficient (Wildman–Crippen LogP) is 4.37. The molecule has 0 aliphatic heterocycles. The van der Waals surface area contributed by atoms with Crippen LogP contribution in [0.15, 0.2) is 30.3 Å². The Hall–Kier alpha value is -2.67. The molecule has 1 aliphatic rings. The summed E-state index contributed by atoms with van der Waals surface area (Å²) in [5.41, 5.74) is 3.24. The van der Waals surface area contributed by atoms with Crippen molar-refractivity contribution in [3.8, 4) is 0 Å². The number of hydrogen-bond donors (Lipinski definition) is 1. The first-order valence-electron chi connectivity index (χ1n) is 10.4. The van der Waals surface area contributed by atoms with E-state index in [1.807, 2.05) is 17.7 Å². The van der Waals surface area contributed by atoms with E-state index in [1.54, 1.807) is 6.92 Å². The monoisotopic (exact) mass is 425 g/mol. The Morgan fingerprint density at radius 2 is 1.93 bits per heavy atom. The number of hydrogen-bond acceptors (Lipinski definition) is 5. The maximum absolute atomic E-state index is 12.7. The van der Waals surface area contributed by atoms with Gasteiger partial charge >= 0.3 is 5.97 Å². The summed E-state index contributed by atoms with van der Waals surface area (Å²) in [7, 11) is 0. The zero-order chi connectivity index (χ0) is 21.3. The molecule has 0 radical (unpaired) electrons. The van der Waals surface area contributed by atoms with Crippen LogP contribution in [-0.4, -0.2) is 33.8 Å². The minimum Gasteiger partial charge on any atom is -0.448 e. The highest BCUT2D eigenvalue weighted by Gasteiger charge is 2.25. The molecule has 3 aromatic rings. The summed E-state index contributed by atoms with van der Waals surface area (Å²) in [5, 5.41) is 8.55. The minimum absolute atomic E-state index is 0.207. The van der Waals surface area contributed by atoms with E-state index in [-0.39, 0.29) is 11.9 Å². The quantitative estimate of drug-likeness (QED) is 0.595. The zero-order valence-corrected chi connectivity index (χ0v) is 18.4. The van der Waals surface area contributed by atoms with Crippen LogP contribution in [-0.2, 0) is 16.1 Å². The van der Waals surface area contributed by atoms with Gasteiger partial charge in [0.05, 0.1) is 12.2 Å². The van der Waals surface area contributed by atoms with E-state index in [0.717, 1.165) is 47.2 Å². The van der Waals surface area contributed by atoms with Crippen molar-refractivity contribution in [1.82, 2.24) is 15.1 Å². The number of carbonyl (C=O) groups is 2. The van der Waals surface area contributed by atoms with Crippen LogP contribution in [0.3, 0.4) is 0 Å². The molecule has 6 nitrogen and oxygen atoms in total. The van der Waals surface area contributed by atoms with Gasteiger partial charge in [-0.05, 0) is 45.2 Å². The van der Waals surface area contributed by atoms with E-state index in [4.69, 9.17) is 4.74 Å². The van der Waals surface area contributed by atoms with Gasteiger partial charge in [0.15, 0.2) is 6.10 Å². The molecule has 7 heteroatoms. The first-order valence-corrected chi connectivity index (χ1v) is 11.3. The third-order valence-corrected chi connectivity index (χ3v) is 6.74. The largest absolute Gasteiger partial charge is 0.448 e. The highest BCUT2D eigenvalue weighted by molar-refractivity contribution is 7.20. The highest BCUT2D eigenvalue weighted by Crippen LogP contribution is 2.29. The fourth-order valence-corrected chi connectivity index (χ4v) is 4.89. The second-order valence-electron chi connectivity index (χ2n) is 8.10. The Balaban J connectivity index is 1.46. The number of rotatable bonds is 6. The van der Waals surface area contributed by atoms with Crippen LogP contribution in [0.1, 0.15) is 59.1 Å². The van der Waals surface area contributed by atoms with Gasteiger partial charge in [-0.2, -0.15) is 5.10 Å². The molecular weight excluding hydrogens is 398 g/mol. The van der Waals surface area contributed by atoms with E-state index in [0.29, 0.717) is 11.4 Å². The molecule has 1 aromatic carbocycles. The summed E-state index contributed by atoms with van der Waals surface area (Å²) >= 11 is 1.36. The molecule has 1 amide bonds. The average molecular weight is 426 g/mol. The molecular formula is C23H27N3O3S. The van der Waals surface area contributed by atoms with Crippen molar-refractivity contribution >= 4 is 33.4 Å². The number of thiophene rings is 1. The summed E-state index contributed by atoms with van der Waals surface area (Å²) in [6.45, 7) is 6.26. The molecule has 30 heavy (non-hydrogen) atoms. The number of nitrogens with one attached hydrogen (secondary N) is 1. The molecule has 1 aliphatic carbocycles. The van der Waals surface area contributed by atoms with Crippen molar-refractivity contribution in [3.63, 3.8) is 0 Å². The summed E-state index contributed by atoms with van der Waals surface area (Å²) in [6.07, 6.45) is 3.46. The molecule has 0 spiro atoms. The Morgan fingerprint density at radius 3 is 2.63 bits per heavy atom. The molecule has 1 N–H and O–H groups in total. The van der Waals surface area contributed by atoms with E-state index >= 15 is 0 Å². The summed E-state index contributed by atoms with van der Waals surface area (Å²) < 4.78 is 7.37. The van der Waals surface area contributed by atoms with Crippen molar-refractivity contribution in [2.75, 3.05) is 0 Å². The number of aromatic nitrogens is 2. The molecule has 158 valence electrons. The predicted molar refractivity (Wildman–Crippen MR) is 118 cm³/mol. The highest BCUT2D eigenvalue weighted by atomic mass is 32.1. The number of ether oxygens (including phenoxy) is 1. The first-order chi connectivity index (χ1) is 14.4. The van der Waals surface area contributed by atoms with Crippen molar-refractivity contribution in [3.05, 3.63) is 52.0 Å². The Morgan fingerprint density at radius 1 is 1.23 bits per heavy atom. The smallest absolute Gasteiger partial charge is 0.349 e. The fourth-order valence-electron chi connectivity index (χ4n) is 3.85. The SMILES string of the molecule is Cc1ccc(Cn2nc(C)c3cc(C(=O)OC(C)C(=O)NC4CCCC4)sc32)cc1. The Kier molecular flexibility index (Phi) is 5.90. The van der Waals surface area contributed by atoms with Crippen LogP contribution in [0.2, 0.25) is 0 Å². The average Bonchev–Trinajstić information content (AvgIpc) is 3.43. The lowest BCUT2D eigenvalue weighted by Gasteiger charge is -2.16. The fraction of sp³-hybridized carbons (Fsp3) is 0.435. The molecule has 1 saturated carbocycles. The summed E-state index contributed by atoms with van der Waals surface area (Å²) in [6, 6.07) is 10.4. The number of amides is 1. The number of esters is 1. The van der Waals surface area contributed by atoms with Gasteiger partial charge in [-0.1, -0.05) is 42.7 Å². The van der Waals surface area contributed by atoms with Gasteiger partial charge in [-0.15, -0.1) is 11.3 Å². The molecule has 0 saturated heterocycles. The van der Waals surface area contributed by atoms with Gasteiger partial charge < -0.3 is 10.1 Å². The summed E-state index contributed by atoms with van der Waals surface area (Å²) in [5.74, 6) is -0.690.